The molecule has 2 heterocycles. The predicted molar refractivity (Wildman–Crippen MR) is 79.7 cm³/mol. The van der Waals surface area contributed by atoms with Crippen molar-refractivity contribution in [2.75, 3.05) is 19.7 Å². The molecule has 116 valence electrons. The molecule has 0 N–H and O–H groups in total. The summed E-state index contributed by atoms with van der Waals surface area (Å²) in [7, 11) is 0. The minimum atomic E-state index is -0.377. The second-order valence-electron chi connectivity index (χ2n) is 4.57. The Hall–Kier alpha value is -1.76. The smallest absolute Gasteiger partial charge is 0.350 e. The van der Waals surface area contributed by atoms with Gasteiger partial charge in [-0.25, -0.2) is 9.78 Å². The fraction of sp³-hybridized carbons (Fsp3) is 0.571. The Morgan fingerprint density at radius 1 is 1.33 bits per heavy atom. The van der Waals surface area contributed by atoms with Gasteiger partial charge in [0.2, 0.25) is 0 Å². The molecule has 0 atom stereocenters. The molecule has 0 bridgehead atoms. The number of carbonyl (C=O) groups excluding carboxylic acids is 3. The SMILES string of the molecule is C=O.CCCOC(=O)c1sc(C(=O)N2CCCC2)nc1C. The molecular weight excluding hydrogens is 292 g/mol. The van der Waals surface area contributed by atoms with Crippen LogP contribution in [0.25, 0.3) is 0 Å². The first kappa shape index (κ1) is 17.3. The van der Waals surface area contributed by atoms with Gasteiger partial charge < -0.3 is 14.4 Å². The lowest BCUT2D eigenvalue weighted by molar-refractivity contribution is -0.0980. The van der Waals surface area contributed by atoms with Gasteiger partial charge in [0, 0.05) is 13.1 Å². The summed E-state index contributed by atoms with van der Waals surface area (Å²) in [5.41, 5.74) is 0.577. The Morgan fingerprint density at radius 2 is 1.95 bits per heavy atom. The zero-order valence-corrected chi connectivity index (χ0v) is 13.2. The summed E-state index contributed by atoms with van der Waals surface area (Å²) < 4.78 is 5.08. The van der Waals surface area contributed by atoms with Gasteiger partial charge in [0.25, 0.3) is 5.91 Å². The Kier molecular flexibility index (Phi) is 7.01. The molecule has 1 amide bonds. The van der Waals surface area contributed by atoms with Crippen LogP contribution in [0, 0.1) is 6.92 Å². The summed E-state index contributed by atoms with van der Waals surface area (Å²) in [4.78, 5) is 38.4. The average Bonchev–Trinajstić information content (AvgIpc) is 3.15. The third-order valence-electron chi connectivity index (χ3n) is 3.00. The summed E-state index contributed by atoms with van der Waals surface area (Å²) in [6.45, 7) is 7.64. The van der Waals surface area contributed by atoms with Gasteiger partial charge in [-0.05, 0) is 26.2 Å². The van der Waals surface area contributed by atoms with Crippen LogP contribution in [0.15, 0.2) is 0 Å². The summed E-state index contributed by atoms with van der Waals surface area (Å²) >= 11 is 1.14. The summed E-state index contributed by atoms with van der Waals surface area (Å²) in [5, 5.41) is 0.392. The van der Waals surface area contributed by atoms with E-state index >= 15 is 0 Å². The van der Waals surface area contributed by atoms with Gasteiger partial charge >= 0.3 is 5.97 Å². The van der Waals surface area contributed by atoms with Gasteiger partial charge in [0.05, 0.1) is 12.3 Å². The molecule has 0 radical (unpaired) electrons. The third-order valence-corrected chi connectivity index (χ3v) is 4.12. The van der Waals surface area contributed by atoms with Gasteiger partial charge in [-0.15, -0.1) is 11.3 Å². The van der Waals surface area contributed by atoms with Crippen molar-refractivity contribution in [2.45, 2.75) is 33.1 Å². The second kappa shape index (κ2) is 8.51. The van der Waals surface area contributed by atoms with Crippen molar-refractivity contribution in [3.63, 3.8) is 0 Å². The van der Waals surface area contributed by atoms with Crippen molar-refractivity contribution < 1.29 is 19.1 Å². The van der Waals surface area contributed by atoms with Crippen molar-refractivity contribution in [1.29, 1.82) is 0 Å². The molecule has 1 saturated heterocycles. The molecule has 0 unspecified atom stereocenters. The quantitative estimate of drug-likeness (QED) is 0.795. The number of hydrogen-bond donors (Lipinski definition) is 0. The molecule has 1 aromatic rings. The molecule has 1 aliphatic rings. The Bertz CT molecular complexity index is 495. The minimum Gasteiger partial charge on any atom is -0.461 e. The van der Waals surface area contributed by atoms with Crippen LogP contribution >= 0.6 is 11.3 Å². The molecule has 21 heavy (non-hydrogen) atoms. The van der Waals surface area contributed by atoms with Crippen LogP contribution in [0.1, 0.15) is 51.4 Å². The van der Waals surface area contributed by atoms with E-state index in [2.05, 4.69) is 4.98 Å². The van der Waals surface area contributed by atoms with Crippen molar-refractivity contribution in [3.05, 3.63) is 15.6 Å². The molecule has 7 heteroatoms. The number of rotatable bonds is 4. The van der Waals surface area contributed by atoms with E-state index in [1.54, 1.807) is 11.8 Å². The number of aromatic nitrogens is 1. The number of aryl methyl sites for hydroxylation is 1. The Labute approximate surface area is 128 Å². The average molecular weight is 312 g/mol. The van der Waals surface area contributed by atoms with E-state index < -0.39 is 0 Å². The monoisotopic (exact) mass is 312 g/mol. The first-order valence-electron chi connectivity index (χ1n) is 6.86. The molecule has 0 aromatic carbocycles. The second-order valence-corrected chi connectivity index (χ2v) is 5.57. The topological polar surface area (TPSA) is 76.6 Å². The highest BCUT2D eigenvalue weighted by Crippen LogP contribution is 2.22. The third kappa shape index (κ3) is 4.35. The maximum Gasteiger partial charge on any atom is 0.350 e. The van der Waals surface area contributed by atoms with Crippen molar-refractivity contribution >= 4 is 30.0 Å². The number of likely N-dealkylation sites (tertiary alicyclic amines) is 1. The van der Waals surface area contributed by atoms with E-state index in [0.717, 1.165) is 43.7 Å². The molecule has 0 saturated carbocycles. The van der Waals surface area contributed by atoms with Gasteiger partial charge in [-0.1, -0.05) is 6.92 Å². The first-order chi connectivity index (χ1) is 10.1. The minimum absolute atomic E-state index is 0.0693. The maximum absolute atomic E-state index is 12.2. The Balaban J connectivity index is 0.00000106. The van der Waals surface area contributed by atoms with Gasteiger partial charge in [-0.3, -0.25) is 4.79 Å². The molecule has 6 nitrogen and oxygen atoms in total. The number of amides is 1. The van der Waals surface area contributed by atoms with E-state index in [-0.39, 0.29) is 11.9 Å². The van der Waals surface area contributed by atoms with Crippen LogP contribution in [0.2, 0.25) is 0 Å². The predicted octanol–water partition coefficient (Wildman–Crippen LogP) is 2.07. The first-order valence-corrected chi connectivity index (χ1v) is 7.67. The van der Waals surface area contributed by atoms with E-state index in [1.807, 2.05) is 13.7 Å². The largest absolute Gasteiger partial charge is 0.461 e. The van der Waals surface area contributed by atoms with Crippen molar-refractivity contribution in [1.82, 2.24) is 9.88 Å². The molecule has 0 aliphatic carbocycles. The lowest BCUT2D eigenvalue weighted by atomic mass is 10.4. The molecule has 1 fully saturated rings. The van der Waals surface area contributed by atoms with Crippen LogP contribution in [-0.2, 0) is 9.53 Å². The fourth-order valence-corrected chi connectivity index (χ4v) is 2.92. The fourth-order valence-electron chi connectivity index (χ4n) is 1.99. The normalized spacial score (nSPS) is 13.5. The van der Waals surface area contributed by atoms with Crippen LogP contribution in [-0.4, -0.2) is 48.2 Å². The van der Waals surface area contributed by atoms with Gasteiger partial charge in [-0.2, -0.15) is 0 Å². The van der Waals surface area contributed by atoms with Crippen molar-refractivity contribution in [3.8, 4) is 0 Å². The highest BCUT2D eigenvalue weighted by Gasteiger charge is 2.25. The lowest BCUT2D eigenvalue weighted by Crippen LogP contribution is -2.27. The zero-order chi connectivity index (χ0) is 15.8. The number of ether oxygens (including phenoxy) is 1. The van der Waals surface area contributed by atoms with E-state index in [1.165, 1.54) is 0 Å². The number of esters is 1. The summed E-state index contributed by atoms with van der Waals surface area (Å²) in [6, 6.07) is 0. The molecule has 1 aliphatic heterocycles. The standard InChI is InChI=1S/C13H18N2O3S.CH2O/c1-3-8-18-13(17)10-9(2)14-11(19-10)12(16)15-6-4-5-7-15;1-2/h3-8H2,1-2H3;1H2. The van der Waals surface area contributed by atoms with Gasteiger partial charge in [0.15, 0.2) is 5.01 Å². The van der Waals surface area contributed by atoms with E-state index in [0.29, 0.717) is 22.2 Å². The number of nitrogens with zero attached hydrogens (tertiary/aromatic N) is 2. The zero-order valence-electron chi connectivity index (χ0n) is 12.4. The summed E-state index contributed by atoms with van der Waals surface area (Å²) in [5.74, 6) is -0.447. The number of hydrogen-bond acceptors (Lipinski definition) is 6. The maximum atomic E-state index is 12.2. The lowest BCUT2D eigenvalue weighted by Gasteiger charge is -2.12. The molecule has 2 rings (SSSR count). The number of carbonyl (C=O) groups is 3. The molecule has 1 aromatic heterocycles. The van der Waals surface area contributed by atoms with Crippen LogP contribution in [0.4, 0.5) is 0 Å². The number of thiazole rings is 1. The van der Waals surface area contributed by atoms with Crippen LogP contribution in [0.3, 0.4) is 0 Å². The van der Waals surface area contributed by atoms with Crippen molar-refractivity contribution in [2.24, 2.45) is 0 Å². The van der Waals surface area contributed by atoms with Crippen LogP contribution < -0.4 is 0 Å². The molecular formula is C14H20N2O4S. The van der Waals surface area contributed by atoms with Gasteiger partial charge in [0.1, 0.15) is 11.7 Å². The highest BCUT2D eigenvalue weighted by molar-refractivity contribution is 7.15. The van der Waals surface area contributed by atoms with Crippen LogP contribution in [0.5, 0.6) is 0 Å². The molecule has 0 spiro atoms. The van der Waals surface area contributed by atoms with E-state index in [4.69, 9.17) is 9.53 Å². The summed E-state index contributed by atoms with van der Waals surface area (Å²) in [6.07, 6.45) is 2.87. The van der Waals surface area contributed by atoms with E-state index in [9.17, 15) is 9.59 Å². The highest BCUT2D eigenvalue weighted by atomic mass is 32.1. The Morgan fingerprint density at radius 3 is 2.52 bits per heavy atom.